The van der Waals surface area contributed by atoms with Crippen LogP contribution in [0.4, 0.5) is 0 Å². The highest BCUT2D eigenvalue weighted by molar-refractivity contribution is 6.30. The minimum absolute atomic E-state index is 0.0279. The first-order valence-electron chi connectivity index (χ1n) is 4.44. The largest absolute Gasteiger partial charge is 0.363 e. The smallest absolute Gasteiger partial charge is 0.119 e. The number of hydrogen-bond donors (Lipinski definition) is 1. The number of benzene rings is 1. The molecule has 13 heavy (non-hydrogen) atoms. The SMILES string of the molecule is Clc1ccc2c(c1)COC21CNC1. The minimum Gasteiger partial charge on any atom is -0.363 e. The van der Waals surface area contributed by atoms with E-state index in [4.69, 9.17) is 16.3 Å². The van der Waals surface area contributed by atoms with Crippen LogP contribution < -0.4 is 5.32 Å². The Balaban J connectivity index is 2.11. The van der Waals surface area contributed by atoms with E-state index in [0.717, 1.165) is 18.1 Å². The molecule has 1 spiro atoms. The number of fused-ring (bicyclic) bond motifs is 2. The molecule has 0 aromatic heterocycles. The van der Waals surface area contributed by atoms with Crippen molar-refractivity contribution in [2.75, 3.05) is 13.1 Å². The summed E-state index contributed by atoms with van der Waals surface area (Å²) in [6, 6.07) is 6.03. The zero-order valence-electron chi connectivity index (χ0n) is 7.14. The molecular formula is C10H10ClNO. The Hall–Kier alpha value is -0.570. The molecule has 3 heteroatoms. The maximum absolute atomic E-state index is 5.91. The lowest BCUT2D eigenvalue weighted by molar-refractivity contribution is -0.0746. The summed E-state index contributed by atoms with van der Waals surface area (Å²) in [5, 5.41) is 4.04. The first-order valence-corrected chi connectivity index (χ1v) is 4.82. The molecule has 1 aromatic rings. The van der Waals surface area contributed by atoms with Gasteiger partial charge in [0.2, 0.25) is 0 Å². The van der Waals surface area contributed by atoms with Gasteiger partial charge in [-0.05, 0) is 23.3 Å². The molecule has 0 radical (unpaired) electrons. The average Bonchev–Trinajstić information content (AvgIpc) is 2.41. The van der Waals surface area contributed by atoms with E-state index in [1.54, 1.807) is 0 Å². The maximum Gasteiger partial charge on any atom is 0.119 e. The molecule has 2 nitrogen and oxygen atoms in total. The Bertz CT molecular complexity index is 360. The molecule has 2 heterocycles. The van der Waals surface area contributed by atoms with Gasteiger partial charge in [0, 0.05) is 18.1 Å². The van der Waals surface area contributed by atoms with E-state index in [-0.39, 0.29) is 5.60 Å². The number of ether oxygens (including phenoxy) is 1. The van der Waals surface area contributed by atoms with Crippen molar-refractivity contribution in [3.8, 4) is 0 Å². The van der Waals surface area contributed by atoms with Crippen molar-refractivity contribution in [2.24, 2.45) is 0 Å². The molecule has 0 bridgehead atoms. The van der Waals surface area contributed by atoms with Crippen molar-refractivity contribution in [1.29, 1.82) is 0 Å². The van der Waals surface area contributed by atoms with Crippen LogP contribution in [0.3, 0.4) is 0 Å². The highest BCUT2D eigenvalue weighted by Crippen LogP contribution is 2.40. The quantitative estimate of drug-likeness (QED) is 0.680. The lowest BCUT2D eigenvalue weighted by Crippen LogP contribution is -2.56. The van der Waals surface area contributed by atoms with Crippen molar-refractivity contribution < 1.29 is 4.74 Å². The zero-order valence-corrected chi connectivity index (χ0v) is 7.90. The Morgan fingerprint density at radius 2 is 2.23 bits per heavy atom. The normalized spacial score (nSPS) is 22.8. The molecular weight excluding hydrogens is 186 g/mol. The molecule has 0 unspecified atom stereocenters. The molecule has 0 aliphatic carbocycles. The molecule has 0 saturated carbocycles. The van der Waals surface area contributed by atoms with Crippen LogP contribution in [0, 0.1) is 0 Å². The highest BCUT2D eigenvalue weighted by atomic mass is 35.5. The molecule has 2 aliphatic heterocycles. The molecule has 1 saturated heterocycles. The van der Waals surface area contributed by atoms with Crippen molar-refractivity contribution in [2.45, 2.75) is 12.2 Å². The Morgan fingerprint density at radius 1 is 1.38 bits per heavy atom. The van der Waals surface area contributed by atoms with E-state index in [1.165, 1.54) is 11.1 Å². The number of nitrogens with one attached hydrogen (secondary N) is 1. The van der Waals surface area contributed by atoms with Crippen LogP contribution in [0.5, 0.6) is 0 Å². The van der Waals surface area contributed by atoms with Crippen molar-refractivity contribution in [3.63, 3.8) is 0 Å². The Morgan fingerprint density at radius 3 is 2.92 bits per heavy atom. The third-order valence-electron chi connectivity index (χ3n) is 2.88. The van der Waals surface area contributed by atoms with Crippen molar-refractivity contribution in [1.82, 2.24) is 5.32 Å². The number of rotatable bonds is 0. The van der Waals surface area contributed by atoms with E-state index in [9.17, 15) is 0 Å². The fourth-order valence-electron chi connectivity index (χ4n) is 2.06. The third-order valence-corrected chi connectivity index (χ3v) is 3.12. The van der Waals surface area contributed by atoms with Crippen LogP contribution in [0.15, 0.2) is 18.2 Å². The monoisotopic (exact) mass is 195 g/mol. The van der Waals surface area contributed by atoms with Gasteiger partial charge in [-0.1, -0.05) is 17.7 Å². The van der Waals surface area contributed by atoms with E-state index in [0.29, 0.717) is 6.61 Å². The summed E-state index contributed by atoms with van der Waals surface area (Å²) in [6.45, 7) is 2.57. The lowest BCUT2D eigenvalue weighted by atomic mass is 9.87. The average molecular weight is 196 g/mol. The molecule has 1 fully saturated rings. The zero-order chi connectivity index (χ0) is 8.89. The maximum atomic E-state index is 5.91. The molecule has 3 rings (SSSR count). The Kier molecular flexibility index (Phi) is 1.48. The van der Waals surface area contributed by atoms with E-state index in [2.05, 4.69) is 11.4 Å². The summed E-state index contributed by atoms with van der Waals surface area (Å²) in [6.07, 6.45) is 0. The first-order chi connectivity index (χ1) is 6.30. The van der Waals surface area contributed by atoms with Gasteiger partial charge in [-0.2, -0.15) is 0 Å². The fraction of sp³-hybridized carbons (Fsp3) is 0.400. The minimum atomic E-state index is -0.0279. The van der Waals surface area contributed by atoms with Crippen molar-refractivity contribution in [3.05, 3.63) is 34.3 Å². The second-order valence-electron chi connectivity index (χ2n) is 3.69. The topological polar surface area (TPSA) is 21.3 Å². The summed E-state index contributed by atoms with van der Waals surface area (Å²) >= 11 is 5.91. The first kappa shape index (κ1) is 7.80. The van der Waals surface area contributed by atoms with Crippen LogP contribution in [0.25, 0.3) is 0 Å². The van der Waals surface area contributed by atoms with Crippen LogP contribution >= 0.6 is 11.6 Å². The van der Waals surface area contributed by atoms with Crippen LogP contribution in [0.1, 0.15) is 11.1 Å². The molecule has 1 N–H and O–H groups in total. The summed E-state index contributed by atoms with van der Waals surface area (Å²) in [5.74, 6) is 0. The second kappa shape index (κ2) is 2.47. The van der Waals surface area contributed by atoms with Gasteiger partial charge in [-0.3, -0.25) is 0 Å². The summed E-state index contributed by atoms with van der Waals surface area (Å²) in [4.78, 5) is 0. The lowest BCUT2D eigenvalue weighted by Gasteiger charge is -2.39. The van der Waals surface area contributed by atoms with Gasteiger partial charge in [-0.15, -0.1) is 0 Å². The van der Waals surface area contributed by atoms with Crippen molar-refractivity contribution >= 4 is 11.6 Å². The van der Waals surface area contributed by atoms with Gasteiger partial charge in [0.05, 0.1) is 6.61 Å². The van der Waals surface area contributed by atoms with E-state index >= 15 is 0 Å². The molecule has 1 aromatic carbocycles. The van der Waals surface area contributed by atoms with Gasteiger partial charge >= 0.3 is 0 Å². The standard InChI is InChI=1S/C10H10ClNO/c11-8-1-2-9-7(3-8)4-13-10(9)5-12-6-10/h1-3,12H,4-6H2. The van der Waals surface area contributed by atoms with Crippen LogP contribution in [0.2, 0.25) is 5.02 Å². The van der Waals surface area contributed by atoms with Gasteiger partial charge in [0.25, 0.3) is 0 Å². The molecule has 68 valence electrons. The molecule has 0 atom stereocenters. The van der Waals surface area contributed by atoms with E-state index in [1.807, 2.05) is 12.1 Å². The Labute approximate surface area is 81.8 Å². The number of hydrogen-bond acceptors (Lipinski definition) is 2. The highest BCUT2D eigenvalue weighted by Gasteiger charge is 2.45. The van der Waals surface area contributed by atoms with Gasteiger partial charge in [0.15, 0.2) is 0 Å². The summed E-state index contributed by atoms with van der Waals surface area (Å²) in [5.41, 5.74) is 2.53. The predicted octanol–water partition coefficient (Wildman–Crippen LogP) is 1.67. The molecule has 0 amide bonds. The molecule has 2 aliphatic rings. The fourth-order valence-corrected chi connectivity index (χ4v) is 2.26. The van der Waals surface area contributed by atoms with E-state index < -0.39 is 0 Å². The number of halogens is 1. The summed E-state index contributed by atoms with van der Waals surface area (Å²) < 4.78 is 5.78. The van der Waals surface area contributed by atoms with Gasteiger partial charge in [-0.25, -0.2) is 0 Å². The van der Waals surface area contributed by atoms with Gasteiger partial charge < -0.3 is 10.1 Å². The van der Waals surface area contributed by atoms with Crippen LogP contribution in [-0.2, 0) is 16.9 Å². The second-order valence-corrected chi connectivity index (χ2v) is 4.12. The third kappa shape index (κ3) is 0.966. The summed E-state index contributed by atoms with van der Waals surface area (Å²) in [7, 11) is 0. The van der Waals surface area contributed by atoms with Crippen LogP contribution in [-0.4, -0.2) is 13.1 Å². The predicted molar refractivity (Wildman–Crippen MR) is 50.8 cm³/mol. The van der Waals surface area contributed by atoms with Gasteiger partial charge in [0.1, 0.15) is 5.60 Å².